The van der Waals surface area contributed by atoms with E-state index in [2.05, 4.69) is 14.8 Å². The molecule has 1 aromatic rings. The lowest BCUT2D eigenvalue weighted by Gasteiger charge is -2.29. The highest BCUT2D eigenvalue weighted by atomic mass is 16.5. The molecule has 4 rings (SSSR count). The van der Waals surface area contributed by atoms with Crippen LogP contribution in [-0.4, -0.2) is 59.5 Å². The van der Waals surface area contributed by atoms with Crippen LogP contribution in [0.3, 0.4) is 0 Å². The first-order chi connectivity index (χ1) is 12.2. The summed E-state index contributed by atoms with van der Waals surface area (Å²) < 4.78 is 6.31. The Kier molecular flexibility index (Phi) is 4.93. The van der Waals surface area contributed by atoms with Gasteiger partial charge in [-0.1, -0.05) is 0 Å². The monoisotopic (exact) mass is 343 g/mol. The Morgan fingerprint density at radius 3 is 2.88 bits per heavy atom. The highest BCUT2D eigenvalue weighted by Crippen LogP contribution is 2.40. The quantitative estimate of drug-likeness (QED) is 0.843. The minimum Gasteiger partial charge on any atom is -0.488 e. The van der Waals surface area contributed by atoms with Crippen molar-refractivity contribution in [2.75, 3.05) is 32.7 Å². The molecule has 0 radical (unpaired) electrons. The van der Waals surface area contributed by atoms with Crippen LogP contribution in [0.15, 0.2) is 18.3 Å². The highest BCUT2D eigenvalue weighted by molar-refractivity contribution is 5.78. The van der Waals surface area contributed by atoms with Gasteiger partial charge >= 0.3 is 0 Å². The van der Waals surface area contributed by atoms with Crippen molar-refractivity contribution >= 4 is 5.91 Å². The molecule has 1 amide bonds. The van der Waals surface area contributed by atoms with Gasteiger partial charge in [0, 0.05) is 38.3 Å². The number of piperidine rings is 1. The fraction of sp³-hybridized carbons (Fsp3) is 0.700. The Hall–Kier alpha value is -1.62. The second-order valence-corrected chi connectivity index (χ2v) is 7.88. The fourth-order valence-corrected chi connectivity index (χ4v) is 4.77. The molecule has 1 aliphatic carbocycles. The molecule has 0 bridgehead atoms. The van der Waals surface area contributed by atoms with Crippen molar-refractivity contribution in [1.82, 2.24) is 14.8 Å². The van der Waals surface area contributed by atoms with Crippen LogP contribution in [0, 0.1) is 18.8 Å². The number of pyridine rings is 1. The summed E-state index contributed by atoms with van der Waals surface area (Å²) in [7, 11) is 0. The molecule has 0 unspecified atom stereocenters. The second kappa shape index (κ2) is 7.32. The van der Waals surface area contributed by atoms with Crippen LogP contribution >= 0.6 is 0 Å². The zero-order valence-electron chi connectivity index (χ0n) is 15.2. The molecule has 0 N–H and O–H groups in total. The van der Waals surface area contributed by atoms with Crippen LogP contribution < -0.4 is 4.74 Å². The average Bonchev–Trinajstić information content (AvgIpc) is 3.19. The third-order valence-electron chi connectivity index (χ3n) is 6.17. The predicted molar refractivity (Wildman–Crippen MR) is 96.5 cm³/mol. The summed E-state index contributed by atoms with van der Waals surface area (Å²) in [6, 6.07) is 3.95. The van der Waals surface area contributed by atoms with E-state index in [1.807, 2.05) is 25.3 Å². The number of fused-ring (bicyclic) bond motifs is 1. The summed E-state index contributed by atoms with van der Waals surface area (Å²) in [6.45, 7) is 6.53. The lowest BCUT2D eigenvalue weighted by Crippen LogP contribution is -2.42. The molecule has 2 aliphatic heterocycles. The number of nitrogens with zero attached hydrogens (tertiary/aromatic N) is 3. The maximum atomic E-state index is 12.5. The molecule has 0 aromatic carbocycles. The molecule has 1 aromatic heterocycles. The van der Waals surface area contributed by atoms with Crippen molar-refractivity contribution in [3.05, 3.63) is 24.0 Å². The topological polar surface area (TPSA) is 45.7 Å². The van der Waals surface area contributed by atoms with Crippen LogP contribution in [0.25, 0.3) is 0 Å². The molecule has 3 fully saturated rings. The highest BCUT2D eigenvalue weighted by Gasteiger charge is 2.44. The first kappa shape index (κ1) is 16.8. The Bertz CT molecular complexity index is 615. The minimum atomic E-state index is 0.267. The number of likely N-dealkylation sites (tertiary alicyclic amines) is 2. The van der Waals surface area contributed by atoms with Gasteiger partial charge in [0.2, 0.25) is 5.91 Å². The molecule has 5 nitrogen and oxygen atoms in total. The van der Waals surface area contributed by atoms with Crippen molar-refractivity contribution in [2.24, 2.45) is 11.8 Å². The molecule has 0 spiro atoms. The van der Waals surface area contributed by atoms with E-state index in [0.29, 0.717) is 24.3 Å². The molecule has 3 heterocycles. The first-order valence-electron chi connectivity index (χ1n) is 9.79. The molecule has 25 heavy (non-hydrogen) atoms. The molecule has 5 heteroatoms. The van der Waals surface area contributed by atoms with Crippen molar-refractivity contribution in [1.29, 1.82) is 0 Å². The van der Waals surface area contributed by atoms with E-state index in [1.165, 1.54) is 12.8 Å². The van der Waals surface area contributed by atoms with E-state index < -0.39 is 0 Å². The van der Waals surface area contributed by atoms with Crippen LogP contribution in [0.1, 0.15) is 37.8 Å². The standard InChI is InChI=1S/C20H29N3O2/c1-15-18(6-5-9-21-15)25-19-8-7-16-12-22(13-17(16)19)14-20(24)23-10-3-2-4-11-23/h5-6,9,16-17,19H,2-4,7-8,10-14H2,1H3/t16-,17+,19-/m1/s1. The lowest BCUT2D eigenvalue weighted by molar-refractivity contribution is -0.133. The Labute approximate surface area is 150 Å². The summed E-state index contributed by atoms with van der Waals surface area (Å²) in [5.41, 5.74) is 0.959. The van der Waals surface area contributed by atoms with E-state index in [0.717, 1.165) is 56.9 Å². The Morgan fingerprint density at radius 1 is 1.24 bits per heavy atom. The number of carbonyl (C=O) groups is 1. The number of amides is 1. The molecule has 1 saturated carbocycles. The zero-order valence-corrected chi connectivity index (χ0v) is 15.2. The van der Waals surface area contributed by atoms with Gasteiger partial charge in [-0.15, -0.1) is 0 Å². The number of rotatable bonds is 4. The molecular formula is C20H29N3O2. The van der Waals surface area contributed by atoms with Crippen molar-refractivity contribution in [2.45, 2.75) is 45.1 Å². The van der Waals surface area contributed by atoms with Gasteiger partial charge in [-0.05, 0) is 57.1 Å². The summed E-state index contributed by atoms with van der Waals surface area (Å²) in [5, 5.41) is 0. The zero-order chi connectivity index (χ0) is 17.2. The van der Waals surface area contributed by atoms with Gasteiger partial charge in [-0.25, -0.2) is 0 Å². The summed E-state index contributed by atoms with van der Waals surface area (Å²) in [5.74, 6) is 2.46. The normalized spacial score (nSPS) is 29.6. The molecule has 2 saturated heterocycles. The number of hydrogen-bond acceptors (Lipinski definition) is 4. The van der Waals surface area contributed by atoms with Gasteiger partial charge in [-0.2, -0.15) is 0 Å². The molecule has 3 atom stereocenters. The summed E-state index contributed by atoms with van der Waals surface area (Å²) in [4.78, 5) is 21.3. The maximum absolute atomic E-state index is 12.5. The van der Waals surface area contributed by atoms with E-state index >= 15 is 0 Å². The van der Waals surface area contributed by atoms with Gasteiger partial charge < -0.3 is 9.64 Å². The second-order valence-electron chi connectivity index (χ2n) is 7.88. The predicted octanol–water partition coefficient (Wildman–Crippen LogP) is 2.49. The van der Waals surface area contributed by atoms with Crippen molar-refractivity contribution < 1.29 is 9.53 Å². The lowest BCUT2D eigenvalue weighted by atomic mass is 9.99. The summed E-state index contributed by atoms with van der Waals surface area (Å²) in [6.07, 6.45) is 8.01. The average molecular weight is 343 g/mol. The van der Waals surface area contributed by atoms with E-state index in [4.69, 9.17) is 4.74 Å². The van der Waals surface area contributed by atoms with Crippen molar-refractivity contribution in [3.8, 4) is 5.75 Å². The van der Waals surface area contributed by atoms with Gasteiger partial charge in [0.15, 0.2) is 0 Å². The number of carbonyl (C=O) groups excluding carboxylic acids is 1. The molecular weight excluding hydrogens is 314 g/mol. The van der Waals surface area contributed by atoms with Gasteiger partial charge in [-0.3, -0.25) is 14.7 Å². The first-order valence-corrected chi connectivity index (χ1v) is 9.79. The largest absolute Gasteiger partial charge is 0.488 e. The summed E-state index contributed by atoms with van der Waals surface area (Å²) >= 11 is 0. The van der Waals surface area contributed by atoms with E-state index in [-0.39, 0.29) is 6.10 Å². The third-order valence-corrected chi connectivity index (χ3v) is 6.17. The number of aromatic nitrogens is 1. The number of aryl methyl sites for hydroxylation is 1. The van der Waals surface area contributed by atoms with Gasteiger partial charge in [0.25, 0.3) is 0 Å². The minimum absolute atomic E-state index is 0.267. The van der Waals surface area contributed by atoms with Crippen LogP contribution in [0.5, 0.6) is 5.75 Å². The third kappa shape index (κ3) is 3.66. The number of ether oxygens (including phenoxy) is 1. The smallest absolute Gasteiger partial charge is 0.236 e. The van der Waals surface area contributed by atoms with Crippen LogP contribution in [0.2, 0.25) is 0 Å². The van der Waals surface area contributed by atoms with Gasteiger partial charge in [0.05, 0.1) is 12.2 Å². The number of hydrogen-bond donors (Lipinski definition) is 0. The van der Waals surface area contributed by atoms with Crippen LogP contribution in [0.4, 0.5) is 0 Å². The Balaban J connectivity index is 1.33. The van der Waals surface area contributed by atoms with E-state index in [9.17, 15) is 4.79 Å². The van der Waals surface area contributed by atoms with Crippen molar-refractivity contribution in [3.63, 3.8) is 0 Å². The van der Waals surface area contributed by atoms with E-state index in [1.54, 1.807) is 0 Å². The SMILES string of the molecule is Cc1ncccc1O[C@@H]1CC[C@@H]2CN(CC(=O)N3CCCCC3)C[C@@H]21. The maximum Gasteiger partial charge on any atom is 0.236 e. The Morgan fingerprint density at radius 2 is 2.08 bits per heavy atom. The molecule has 3 aliphatic rings. The van der Waals surface area contributed by atoms with Gasteiger partial charge in [0.1, 0.15) is 11.9 Å². The fourth-order valence-electron chi connectivity index (χ4n) is 4.77. The van der Waals surface area contributed by atoms with Crippen LogP contribution in [-0.2, 0) is 4.79 Å². The molecule has 136 valence electrons.